The first kappa shape index (κ1) is 18.9. The molecule has 0 unspecified atom stereocenters. The van der Waals surface area contributed by atoms with E-state index in [-0.39, 0.29) is 12.3 Å². The topological polar surface area (TPSA) is 97.3 Å². The van der Waals surface area contributed by atoms with Crippen LogP contribution >= 0.6 is 0 Å². The molecule has 0 aromatic heterocycles. The fourth-order valence-corrected chi connectivity index (χ4v) is 4.49. The van der Waals surface area contributed by atoms with E-state index >= 15 is 0 Å². The molecular formula is C20H26N2O6. The molecule has 0 radical (unpaired) electrons. The Morgan fingerprint density at radius 1 is 1.29 bits per heavy atom. The zero-order valence-electron chi connectivity index (χ0n) is 16.0. The van der Waals surface area contributed by atoms with Crippen molar-refractivity contribution in [3.63, 3.8) is 0 Å². The lowest BCUT2D eigenvalue weighted by atomic mass is 9.77. The number of hydrogen-bond donors (Lipinski definition) is 2. The number of carbonyl (C=O) groups excluding carboxylic acids is 1. The second-order valence-corrected chi connectivity index (χ2v) is 7.74. The summed E-state index contributed by atoms with van der Waals surface area (Å²) in [4.78, 5) is 25.7. The van der Waals surface area contributed by atoms with Crippen LogP contribution in [0.15, 0.2) is 12.1 Å². The summed E-state index contributed by atoms with van der Waals surface area (Å²) < 4.78 is 17.1. The molecule has 0 saturated carbocycles. The average molecular weight is 390 g/mol. The van der Waals surface area contributed by atoms with Crippen molar-refractivity contribution in [3.8, 4) is 17.2 Å². The number of rotatable bonds is 4. The van der Waals surface area contributed by atoms with Crippen LogP contribution in [0, 0.1) is 5.92 Å². The molecule has 2 saturated heterocycles. The minimum Gasteiger partial charge on any atom is -0.496 e. The number of aliphatic carboxylic acids is 1. The fraction of sp³-hybridized carbons (Fsp3) is 0.600. The number of ether oxygens (including phenoxy) is 3. The van der Waals surface area contributed by atoms with Crippen molar-refractivity contribution < 1.29 is 28.9 Å². The largest absolute Gasteiger partial charge is 0.496 e. The van der Waals surface area contributed by atoms with Crippen molar-refractivity contribution in [1.29, 1.82) is 0 Å². The van der Waals surface area contributed by atoms with Crippen LogP contribution in [0.3, 0.4) is 0 Å². The molecule has 1 amide bonds. The summed E-state index contributed by atoms with van der Waals surface area (Å²) in [6.07, 6.45) is 2.17. The van der Waals surface area contributed by atoms with Crippen LogP contribution in [0.5, 0.6) is 17.2 Å². The predicted octanol–water partition coefficient (Wildman–Crippen LogP) is 1.41. The maximum atomic E-state index is 11.8. The molecule has 28 heavy (non-hydrogen) atoms. The lowest BCUT2D eigenvalue weighted by Gasteiger charge is -2.41. The number of likely N-dealkylation sites (tertiary alicyclic amines) is 1. The summed E-state index contributed by atoms with van der Waals surface area (Å²) in [7, 11) is 1.64. The lowest BCUT2D eigenvalue weighted by Crippen LogP contribution is -2.55. The molecule has 1 spiro atoms. The van der Waals surface area contributed by atoms with E-state index < -0.39 is 17.4 Å². The summed E-state index contributed by atoms with van der Waals surface area (Å²) in [5, 5.41) is 12.5. The van der Waals surface area contributed by atoms with Crippen LogP contribution in [-0.2, 0) is 16.1 Å². The Balaban J connectivity index is 1.47. The number of nitrogens with zero attached hydrogens (tertiary/aromatic N) is 1. The number of carbonyl (C=O) groups is 2. The van der Waals surface area contributed by atoms with Gasteiger partial charge in [-0.25, -0.2) is 0 Å². The quantitative estimate of drug-likeness (QED) is 0.802. The van der Waals surface area contributed by atoms with Gasteiger partial charge in [-0.05, 0) is 18.9 Å². The van der Waals surface area contributed by atoms with Crippen molar-refractivity contribution in [2.45, 2.75) is 37.8 Å². The van der Waals surface area contributed by atoms with Gasteiger partial charge in [0.25, 0.3) is 0 Å². The van der Waals surface area contributed by atoms with Gasteiger partial charge >= 0.3 is 5.97 Å². The van der Waals surface area contributed by atoms with E-state index in [1.165, 1.54) is 0 Å². The van der Waals surface area contributed by atoms with Gasteiger partial charge in [0.1, 0.15) is 5.75 Å². The molecule has 8 heteroatoms. The molecule has 1 aromatic carbocycles. The number of amides is 1. The molecule has 0 bridgehead atoms. The van der Waals surface area contributed by atoms with Crippen LogP contribution in [0.4, 0.5) is 0 Å². The third-order valence-corrected chi connectivity index (χ3v) is 6.04. The van der Waals surface area contributed by atoms with E-state index in [1.807, 2.05) is 12.1 Å². The summed E-state index contributed by atoms with van der Waals surface area (Å²) >= 11 is 0. The van der Waals surface area contributed by atoms with Crippen molar-refractivity contribution >= 4 is 11.9 Å². The Morgan fingerprint density at radius 2 is 1.96 bits per heavy atom. The van der Waals surface area contributed by atoms with E-state index in [9.17, 15) is 14.7 Å². The van der Waals surface area contributed by atoms with Gasteiger partial charge < -0.3 is 24.6 Å². The van der Waals surface area contributed by atoms with Gasteiger partial charge in [0, 0.05) is 44.1 Å². The SMILES string of the molecule is COc1cc2c(cc1CN1CCC3(CC1)NC(=O)C[C@H]3C(=O)O)OCCCO2. The fourth-order valence-electron chi connectivity index (χ4n) is 4.49. The van der Waals surface area contributed by atoms with Gasteiger partial charge in [-0.3, -0.25) is 14.5 Å². The second-order valence-electron chi connectivity index (χ2n) is 7.74. The first-order valence-electron chi connectivity index (χ1n) is 9.73. The van der Waals surface area contributed by atoms with E-state index in [0.717, 1.165) is 23.5 Å². The number of carboxylic acids is 1. The Labute approximate surface area is 163 Å². The maximum absolute atomic E-state index is 11.8. The van der Waals surface area contributed by atoms with Crippen LogP contribution in [0.2, 0.25) is 0 Å². The molecular weight excluding hydrogens is 364 g/mol. The zero-order chi connectivity index (χ0) is 19.7. The molecule has 1 aromatic rings. The van der Waals surface area contributed by atoms with Crippen molar-refractivity contribution in [2.24, 2.45) is 5.92 Å². The van der Waals surface area contributed by atoms with E-state index in [4.69, 9.17) is 14.2 Å². The Kier molecular flexibility index (Phi) is 5.05. The van der Waals surface area contributed by atoms with Gasteiger partial charge in [0.05, 0.1) is 31.8 Å². The molecule has 3 aliphatic rings. The highest BCUT2D eigenvalue weighted by Crippen LogP contribution is 2.39. The lowest BCUT2D eigenvalue weighted by molar-refractivity contribution is -0.144. The van der Waals surface area contributed by atoms with Crippen molar-refractivity contribution in [2.75, 3.05) is 33.4 Å². The summed E-state index contributed by atoms with van der Waals surface area (Å²) in [6, 6.07) is 3.85. The van der Waals surface area contributed by atoms with Gasteiger partial charge in [0.15, 0.2) is 11.5 Å². The molecule has 3 aliphatic heterocycles. The van der Waals surface area contributed by atoms with Crippen LogP contribution in [-0.4, -0.2) is 60.8 Å². The van der Waals surface area contributed by atoms with Crippen LogP contribution in [0.1, 0.15) is 31.2 Å². The third kappa shape index (κ3) is 3.48. The average Bonchev–Trinajstić information content (AvgIpc) is 2.85. The monoisotopic (exact) mass is 390 g/mol. The van der Waals surface area contributed by atoms with E-state index in [0.29, 0.717) is 51.4 Å². The molecule has 4 rings (SSSR count). The van der Waals surface area contributed by atoms with Gasteiger partial charge in [0.2, 0.25) is 5.91 Å². The number of methoxy groups -OCH3 is 1. The number of carboxylic acid groups (broad SMARTS) is 1. The Hall–Kier alpha value is -2.48. The van der Waals surface area contributed by atoms with Crippen LogP contribution < -0.4 is 19.5 Å². The number of fused-ring (bicyclic) bond motifs is 1. The third-order valence-electron chi connectivity index (χ3n) is 6.04. The number of hydrogen-bond acceptors (Lipinski definition) is 6. The molecule has 0 aliphatic carbocycles. The van der Waals surface area contributed by atoms with Crippen molar-refractivity contribution in [3.05, 3.63) is 17.7 Å². The molecule has 152 valence electrons. The number of piperidine rings is 1. The highest BCUT2D eigenvalue weighted by atomic mass is 16.5. The van der Waals surface area contributed by atoms with Gasteiger partial charge in [-0.2, -0.15) is 0 Å². The smallest absolute Gasteiger partial charge is 0.309 e. The molecule has 8 nitrogen and oxygen atoms in total. The van der Waals surface area contributed by atoms with Crippen molar-refractivity contribution in [1.82, 2.24) is 10.2 Å². The standard InChI is InChI=1S/C20H26N2O6/c1-26-15-11-17-16(27-7-2-8-28-17)9-13(15)12-22-5-3-20(4-6-22)14(19(24)25)10-18(23)21-20/h9,11,14H,2-8,10,12H2,1H3,(H,21,23)(H,24,25)/t14-/m0/s1. The molecule has 3 heterocycles. The zero-order valence-corrected chi connectivity index (χ0v) is 16.0. The first-order chi connectivity index (χ1) is 13.5. The summed E-state index contributed by atoms with van der Waals surface area (Å²) in [6.45, 7) is 3.34. The minimum atomic E-state index is -0.892. The minimum absolute atomic E-state index is 0.0747. The first-order valence-corrected chi connectivity index (χ1v) is 9.73. The summed E-state index contributed by atoms with van der Waals surface area (Å²) in [5.41, 5.74) is 0.391. The molecule has 2 N–H and O–H groups in total. The van der Waals surface area contributed by atoms with Gasteiger partial charge in [-0.15, -0.1) is 0 Å². The van der Waals surface area contributed by atoms with E-state index in [1.54, 1.807) is 7.11 Å². The highest BCUT2D eigenvalue weighted by molar-refractivity contribution is 5.88. The van der Waals surface area contributed by atoms with Gasteiger partial charge in [-0.1, -0.05) is 0 Å². The molecule has 2 fully saturated rings. The maximum Gasteiger partial charge on any atom is 0.309 e. The molecule has 1 atom stereocenters. The number of nitrogens with one attached hydrogen (secondary N) is 1. The summed E-state index contributed by atoms with van der Waals surface area (Å²) in [5.74, 6) is 0.489. The number of benzene rings is 1. The second kappa shape index (κ2) is 7.50. The highest BCUT2D eigenvalue weighted by Gasteiger charge is 2.51. The van der Waals surface area contributed by atoms with Crippen LogP contribution in [0.25, 0.3) is 0 Å². The predicted molar refractivity (Wildman–Crippen MR) is 99.7 cm³/mol. The Morgan fingerprint density at radius 3 is 2.61 bits per heavy atom. The normalized spacial score (nSPS) is 23.9. The van der Waals surface area contributed by atoms with E-state index in [2.05, 4.69) is 10.2 Å². The Bertz CT molecular complexity index is 772.